The largest absolute Gasteiger partial charge is 0.301 e. The second-order valence-corrected chi connectivity index (χ2v) is 6.75. The third-order valence-corrected chi connectivity index (χ3v) is 4.96. The van der Waals surface area contributed by atoms with Gasteiger partial charge in [-0.2, -0.15) is 5.06 Å². The molecular formula is C22H21NO2. The molecule has 3 heteroatoms. The maximum Gasteiger partial charge on any atom is 0.147 e. The first-order valence-electron chi connectivity index (χ1n) is 8.65. The van der Waals surface area contributed by atoms with Crippen molar-refractivity contribution in [2.75, 3.05) is 0 Å². The van der Waals surface area contributed by atoms with Crippen LogP contribution in [0.15, 0.2) is 72.8 Å². The predicted octanol–water partition coefficient (Wildman–Crippen LogP) is 4.46. The zero-order valence-electron chi connectivity index (χ0n) is 14.3. The lowest BCUT2D eigenvalue weighted by atomic mass is 9.85. The first-order chi connectivity index (χ1) is 12.2. The Morgan fingerprint density at radius 2 is 1.76 bits per heavy atom. The number of hydrogen-bond acceptors (Lipinski definition) is 3. The molecule has 1 heterocycles. The third-order valence-electron chi connectivity index (χ3n) is 4.96. The maximum atomic E-state index is 12.3. The van der Waals surface area contributed by atoms with E-state index in [-0.39, 0.29) is 6.10 Å². The molecule has 0 N–H and O–H groups in total. The maximum absolute atomic E-state index is 12.3. The van der Waals surface area contributed by atoms with Crippen LogP contribution in [-0.4, -0.2) is 17.5 Å². The molecule has 0 saturated carbocycles. The summed E-state index contributed by atoms with van der Waals surface area (Å²) in [5.74, 6) is 0. The van der Waals surface area contributed by atoms with Gasteiger partial charge in [0.05, 0.1) is 12.6 Å². The first-order valence-corrected chi connectivity index (χ1v) is 8.65. The van der Waals surface area contributed by atoms with E-state index in [9.17, 15) is 4.79 Å². The molecule has 3 aromatic carbocycles. The molecule has 0 spiro atoms. The minimum Gasteiger partial charge on any atom is -0.301 e. The van der Waals surface area contributed by atoms with Crippen LogP contribution >= 0.6 is 0 Å². The van der Waals surface area contributed by atoms with Gasteiger partial charge in [0.15, 0.2) is 0 Å². The number of hydroxylamine groups is 2. The van der Waals surface area contributed by atoms with Crippen molar-refractivity contribution in [1.29, 1.82) is 0 Å². The Hall–Kier alpha value is -2.49. The van der Waals surface area contributed by atoms with Gasteiger partial charge in [0, 0.05) is 6.42 Å². The van der Waals surface area contributed by atoms with Crippen LogP contribution in [0.4, 0.5) is 0 Å². The standard InChI is InChI=1S/C22H21NO2/c1-17-14-22(16-24,23(25-17)15-18-7-3-2-4-8-18)21-12-11-19-9-5-6-10-20(19)13-21/h2-13,16-17H,14-15H2,1H3/t17-,22+/m1/s1. The lowest BCUT2D eigenvalue weighted by Crippen LogP contribution is -2.41. The molecule has 1 fully saturated rings. The Kier molecular flexibility index (Phi) is 4.12. The Morgan fingerprint density at radius 1 is 1.04 bits per heavy atom. The Bertz CT molecular complexity index is 893. The van der Waals surface area contributed by atoms with Crippen molar-refractivity contribution in [2.45, 2.75) is 31.5 Å². The highest BCUT2D eigenvalue weighted by Crippen LogP contribution is 2.40. The fourth-order valence-electron chi connectivity index (χ4n) is 3.71. The van der Waals surface area contributed by atoms with Crippen molar-refractivity contribution in [3.63, 3.8) is 0 Å². The fourth-order valence-corrected chi connectivity index (χ4v) is 3.71. The van der Waals surface area contributed by atoms with Crippen LogP contribution in [0.2, 0.25) is 0 Å². The number of carbonyl (C=O) groups is 1. The van der Waals surface area contributed by atoms with Gasteiger partial charge in [-0.15, -0.1) is 0 Å². The van der Waals surface area contributed by atoms with Gasteiger partial charge in [0.1, 0.15) is 11.8 Å². The van der Waals surface area contributed by atoms with Gasteiger partial charge >= 0.3 is 0 Å². The third kappa shape index (κ3) is 2.86. The molecular weight excluding hydrogens is 310 g/mol. The van der Waals surface area contributed by atoms with E-state index in [1.54, 1.807) is 0 Å². The molecule has 0 unspecified atom stereocenters. The number of nitrogens with zero attached hydrogens (tertiary/aromatic N) is 1. The minimum absolute atomic E-state index is 0.000354. The van der Waals surface area contributed by atoms with Crippen LogP contribution in [-0.2, 0) is 21.7 Å². The molecule has 0 aliphatic carbocycles. The molecule has 0 radical (unpaired) electrons. The quantitative estimate of drug-likeness (QED) is 0.661. The fraction of sp³-hybridized carbons (Fsp3) is 0.227. The number of benzene rings is 3. The summed E-state index contributed by atoms with van der Waals surface area (Å²) in [5.41, 5.74) is 1.37. The summed E-state index contributed by atoms with van der Waals surface area (Å²) < 4.78 is 0. The van der Waals surface area contributed by atoms with Crippen molar-refractivity contribution in [1.82, 2.24) is 5.06 Å². The van der Waals surface area contributed by atoms with Gasteiger partial charge in [-0.1, -0.05) is 66.7 Å². The minimum atomic E-state index is -0.751. The Balaban J connectivity index is 1.76. The van der Waals surface area contributed by atoms with Gasteiger partial charge in [-0.3, -0.25) is 4.84 Å². The van der Waals surface area contributed by atoms with Crippen LogP contribution in [0.25, 0.3) is 10.8 Å². The van der Waals surface area contributed by atoms with Crippen molar-refractivity contribution in [3.8, 4) is 0 Å². The van der Waals surface area contributed by atoms with Crippen molar-refractivity contribution in [3.05, 3.63) is 83.9 Å². The molecule has 3 nitrogen and oxygen atoms in total. The summed E-state index contributed by atoms with van der Waals surface area (Å²) in [4.78, 5) is 18.3. The van der Waals surface area contributed by atoms with Gasteiger partial charge in [-0.25, -0.2) is 0 Å². The van der Waals surface area contributed by atoms with E-state index in [2.05, 4.69) is 42.5 Å². The lowest BCUT2D eigenvalue weighted by molar-refractivity contribution is -0.191. The number of carbonyl (C=O) groups excluding carboxylic acids is 1. The molecule has 1 aliphatic rings. The average Bonchev–Trinajstić information content (AvgIpc) is 2.98. The molecule has 126 valence electrons. The van der Waals surface area contributed by atoms with Crippen molar-refractivity contribution >= 4 is 17.1 Å². The van der Waals surface area contributed by atoms with Gasteiger partial charge < -0.3 is 4.79 Å². The summed E-state index contributed by atoms with van der Waals surface area (Å²) >= 11 is 0. The molecule has 1 saturated heterocycles. The lowest BCUT2D eigenvalue weighted by Gasteiger charge is -2.32. The van der Waals surface area contributed by atoms with E-state index in [1.807, 2.05) is 42.3 Å². The zero-order valence-corrected chi connectivity index (χ0v) is 14.3. The smallest absolute Gasteiger partial charge is 0.147 e. The predicted molar refractivity (Wildman–Crippen MR) is 98.8 cm³/mol. The molecule has 0 bridgehead atoms. The molecule has 2 atom stereocenters. The molecule has 1 aliphatic heterocycles. The van der Waals surface area contributed by atoms with Gasteiger partial charge in [0.25, 0.3) is 0 Å². The number of rotatable bonds is 4. The molecule has 3 aromatic rings. The van der Waals surface area contributed by atoms with Crippen LogP contribution in [0.1, 0.15) is 24.5 Å². The summed E-state index contributed by atoms with van der Waals surface area (Å²) in [6.45, 7) is 2.60. The topological polar surface area (TPSA) is 29.5 Å². The molecule has 25 heavy (non-hydrogen) atoms. The highest BCUT2D eigenvalue weighted by Gasteiger charge is 2.47. The van der Waals surface area contributed by atoms with E-state index in [4.69, 9.17) is 4.84 Å². The molecule has 0 amide bonds. The number of hydrogen-bond donors (Lipinski definition) is 0. The van der Waals surface area contributed by atoms with E-state index < -0.39 is 5.54 Å². The second-order valence-electron chi connectivity index (χ2n) is 6.75. The van der Waals surface area contributed by atoms with Crippen LogP contribution in [0, 0.1) is 0 Å². The van der Waals surface area contributed by atoms with E-state index in [0.29, 0.717) is 13.0 Å². The Morgan fingerprint density at radius 3 is 2.52 bits per heavy atom. The summed E-state index contributed by atoms with van der Waals surface area (Å²) in [6, 6.07) is 24.6. The molecule has 4 rings (SSSR count). The summed E-state index contributed by atoms with van der Waals surface area (Å²) in [7, 11) is 0. The zero-order chi connectivity index (χ0) is 17.3. The number of aldehydes is 1. The van der Waals surface area contributed by atoms with Crippen LogP contribution in [0.5, 0.6) is 0 Å². The van der Waals surface area contributed by atoms with E-state index >= 15 is 0 Å². The SMILES string of the molecule is C[C@@H]1C[C@](C=O)(c2ccc3ccccc3c2)N(Cc2ccccc2)O1. The summed E-state index contributed by atoms with van der Waals surface area (Å²) in [6.07, 6.45) is 1.70. The van der Waals surface area contributed by atoms with E-state index in [1.165, 1.54) is 5.39 Å². The van der Waals surface area contributed by atoms with Crippen molar-refractivity contribution < 1.29 is 9.63 Å². The summed E-state index contributed by atoms with van der Waals surface area (Å²) in [5, 5.41) is 4.17. The van der Waals surface area contributed by atoms with Crippen molar-refractivity contribution in [2.24, 2.45) is 0 Å². The van der Waals surface area contributed by atoms with Crippen LogP contribution < -0.4 is 0 Å². The normalized spacial score (nSPS) is 23.8. The number of fused-ring (bicyclic) bond motifs is 1. The molecule has 0 aromatic heterocycles. The Labute approximate surface area is 147 Å². The average molecular weight is 331 g/mol. The first kappa shape index (κ1) is 16.0. The second kappa shape index (κ2) is 6.43. The van der Waals surface area contributed by atoms with Gasteiger partial charge in [0.2, 0.25) is 0 Å². The van der Waals surface area contributed by atoms with Gasteiger partial charge in [-0.05, 0) is 34.9 Å². The van der Waals surface area contributed by atoms with Crippen LogP contribution in [0.3, 0.4) is 0 Å². The monoisotopic (exact) mass is 331 g/mol. The van der Waals surface area contributed by atoms with E-state index in [0.717, 1.165) is 22.8 Å². The highest BCUT2D eigenvalue weighted by atomic mass is 16.7. The highest BCUT2D eigenvalue weighted by molar-refractivity contribution is 5.84.